The average Bonchev–Trinajstić information content (AvgIpc) is 1.05. The molecule has 0 saturated heterocycles. The quantitative estimate of drug-likeness (QED) is 0.0950. The fraction of sp³-hybridized carbons (Fsp3) is 0.164. The number of nitrogens with zero attached hydrogens (tertiary/aromatic N) is 12. The van der Waals surface area contributed by atoms with E-state index >= 15 is 8.78 Å². The molecular weight excluding hydrogens is 1820 g/mol. The van der Waals surface area contributed by atoms with Gasteiger partial charge in [0.2, 0.25) is 21.7 Å². The van der Waals surface area contributed by atoms with Crippen LogP contribution in [0.25, 0.3) is 0 Å². The Morgan fingerprint density at radius 3 is 0.761 bits per heavy atom. The van der Waals surface area contributed by atoms with Crippen LogP contribution in [-0.4, -0.2) is 151 Å². The van der Waals surface area contributed by atoms with E-state index in [1.165, 1.54) is 80.1 Å². The number of benzene rings is 10. The van der Waals surface area contributed by atoms with Crippen LogP contribution in [0.15, 0.2) is 372 Å². The second-order valence-electron chi connectivity index (χ2n) is 33.8. The highest BCUT2D eigenvalue weighted by Crippen LogP contribution is 2.45. The van der Waals surface area contributed by atoms with E-state index in [-0.39, 0.29) is 162 Å². The van der Waals surface area contributed by atoms with Crippen LogP contribution in [0.1, 0.15) is 122 Å². The minimum atomic E-state index is -0.641. The number of hydrogen-bond donors (Lipinski definition) is 2. The van der Waals surface area contributed by atoms with E-state index in [0.29, 0.717) is 22.3 Å². The van der Waals surface area contributed by atoms with Crippen LogP contribution in [0.5, 0.6) is 46.0 Å². The van der Waals surface area contributed by atoms with Crippen LogP contribution < -0.4 is 70.2 Å². The van der Waals surface area contributed by atoms with Gasteiger partial charge >= 0.3 is 0 Å². The summed E-state index contributed by atoms with van der Waals surface area (Å²) in [6.07, 6.45) is 20.1. The first-order valence-electron chi connectivity index (χ1n) is 45.8. The molecule has 0 radical (unpaired) electrons. The van der Waals surface area contributed by atoms with Crippen molar-refractivity contribution in [1.82, 2.24) is 38.3 Å². The number of ether oxygens (including phenoxy) is 6. The number of pyridine rings is 4. The molecule has 0 unspecified atom stereocenters. The molecule has 10 aromatic carbocycles. The van der Waals surface area contributed by atoms with Crippen molar-refractivity contribution in [2.45, 2.75) is 37.4 Å². The Morgan fingerprint density at radius 2 is 0.500 bits per heavy atom. The smallest absolute Gasteiger partial charge is 0.278 e. The first-order chi connectivity index (χ1) is 69.3. The molecule has 4 amide bonds. The molecule has 8 bridgehead atoms. The van der Waals surface area contributed by atoms with Crippen molar-refractivity contribution in [2.24, 2.45) is 0 Å². The highest BCUT2D eigenvalue weighted by Gasteiger charge is 2.44. The summed E-state index contributed by atoms with van der Waals surface area (Å²) in [5, 5.41) is 28.5. The molecule has 4 atom stereocenters. The summed E-state index contributed by atoms with van der Waals surface area (Å²) in [6, 6.07) is 79.2. The van der Waals surface area contributed by atoms with Gasteiger partial charge in [0.1, 0.15) is 90.5 Å². The zero-order valence-corrected chi connectivity index (χ0v) is 76.2. The summed E-state index contributed by atoms with van der Waals surface area (Å²) in [7, 11) is 0. The lowest BCUT2D eigenvalue weighted by molar-refractivity contribution is 0.0691. The summed E-state index contributed by atoms with van der Waals surface area (Å²) in [4.78, 5) is 111. The Kier molecular flexibility index (Phi) is 27.3. The standard InChI is InChI=1S/2C31H26FN3O4.2C24H20FN3O4/c2*32-25-15-9-14-24-27(23-12-5-2-6-13-23)35-21-33(17-7-8-19-38-29(24)25)31(37)28-30(26(36)16-18-34(28)35)39-20-22-10-3-1-4-11-22;2*25-18-10-6-9-17-20(16-7-2-1-3-8-16)28-15-26(12-4-5-14-32-23(17)18)24(31)21-22(30)19(29)11-13-27(21)28/h2*1-16,18,27H,17,19-21H2;2*1-11,13,20,30H,12,14-15H2/b2*8-7-;2*5-4-/t2*27-;2*20-/m1010/s1. The van der Waals surface area contributed by atoms with Crippen LogP contribution >= 0.6 is 0 Å². The summed E-state index contributed by atoms with van der Waals surface area (Å²) >= 11 is 0. The summed E-state index contributed by atoms with van der Waals surface area (Å²) in [6.45, 7) is 2.52. The number of rotatable bonds is 10. The van der Waals surface area contributed by atoms with Crippen molar-refractivity contribution < 1.29 is 75.4 Å². The molecule has 8 aliphatic heterocycles. The number of halogens is 4. The van der Waals surface area contributed by atoms with Gasteiger partial charge in [0.15, 0.2) is 92.0 Å². The van der Waals surface area contributed by atoms with E-state index in [1.54, 1.807) is 117 Å². The van der Waals surface area contributed by atoms with Crippen molar-refractivity contribution in [3.8, 4) is 46.0 Å². The number of fused-ring (bicyclic) bond motifs is 20. The molecule has 12 heterocycles. The Morgan fingerprint density at radius 1 is 0.268 bits per heavy atom. The molecule has 2 N–H and O–H groups in total. The molecule has 32 heteroatoms. The number of amides is 4. The van der Waals surface area contributed by atoms with Crippen LogP contribution in [0.2, 0.25) is 0 Å². The molecule has 0 aliphatic carbocycles. The second-order valence-corrected chi connectivity index (χ2v) is 33.8. The monoisotopic (exact) mass is 1910 g/mol. The largest absolute Gasteiger partial charge is 0.502 e. The Balaban J connectivity index is 0.000000121. The van der Waals surface area contributed by atoms with E-state index in [0.717, 1.165) is 33.4 Å². The molecule has 142 heavy (non-hydrogen) atoms. The van der Waals surface area contributed by atoms with Gasteiger partial charge in [-0.05, 0) is 82.0 Å². The molecule has 0 saturated carbocycles. The van der Waals surface area contributed by atoms with Crippen molar-refractivity contribution in [1.29, 1.82) is 0 Å². The van der Waals surface area contributed by atoms with Crippen molar-refractivity contribution in [2.75, 3.05) is 99.3 Å². The van der Waals surface area contributed by atoms with Crippen LogP contribution in [0, 0.1) is 23.3 Å². The van der Waals surface area contributed by atoms with Gasteiger partial charge in [0, 0.05) is 97.5 Å². The third-order valence-corrected chi connectivity index (χ3v) is 25.0. The molecule has 8 aliphatic rings. The fourth-order valence-electron chi connectivity index (χ4n) is 18.4. The minimum Gasteiger partial charge on any atom is -0.502 e. The van der Waals surface area contributed by atoms with Crippen molar-refractivity contribution in [3.63, 3.8) is 0 Å². The van der Waals surface area contributed by atoms with E-state index in [4.69, 9.17) is 28.4 Å². The summed E-state index contributed by atoms with van der Waals surface area (Å²) < 4.78 is 102. The van der Waals surface area contributed by atoms with E-state index < -0.39 is 92.5 Å². The van der Waals surface area contributed by atoms with Gasteiger partial charge in [-0.2, -0.15) is 0 Å². The van der Waals surface area contributed by atoms with Crippen LogP contribution in [0.4, 0.5) is 17.6 Å². The van der Waals surface area contributed by atoms with Gasteiger partial charge in [-0.1, -0.05) is 255 Å². The lowest BCUT2D eigenvalue weighted by atomic mass is 9.96. The van der Waals surface area contributed by atoms with Gasteiger partial charge in [-0.3, -0.25) is 77.1 Å². The van der Waals surface area contributed by atoms with E-state index in [9.17, 15) is 57.4 Å². The van der Waals surface area contributed by atoms with Crippen molar-refractivity contribution >= 4 is 23.6 Å². The predicted octanol–water partition coefficient (Wildman–Crippen LogP) is 14.9. The predicted molar refractivity (Wildman–Crippen MR) is 521 cm³/mol. The van der Waals surface area contributed by atoms with Gasteiger partial charge in [-0.25, -0.2) is 17.6 Å². The molecule has 14 aromatic rings. The second kappa shape index (κ2) is 41.6. The summed E-state index contributed by atoms with van der Waals surface area (Å²) in [5.74, 6) is -4.30. The molecule has 0 spiro atoms. The fourth-order valence-corrected chi connectivity index (χ4v) is 18.4. The van der Waals surface area contributed by atoms with E-state index in [2.05, 4.69) is 0 Å². The summed E-state index contributed by atoms with van der Waals surface area (Å²) in [5.41, 5.74) is 5.37. The van der Waals surface area contributed by atoms with Crippen molar-refractivity contribution in [3.05, 3.63) is 495 Å². The van der Waals surface area contributed by atoms with Crippen LogP contribution in [-0.2, 0) is 13.2 Å². The normalized spacial score (nSPS) is 18.0. The maximum absolute atomic E-state index is 15.2. The number of para-hydroxylation sites is 4. The molecule has 4 aromatic heterocycles. The van der Waals surface area contributed by atoms with Gasteiger partial charge < -0.3 is 58.2 Å². The number of hydrogen-bond acceptors (Lipinski definition) is 20. The van der Waals surface area contributed by atoms with E-state index in [1.807, 2.05) is 214 Å². The molecule has 22 rings (SSSR count). The highest BCUT2D eigenvalue weighted by atomic mass is 19.1. The number of aromatic nitrogens is 4. The molecular formula is C110H92F4N12O16. The molecule has 0 fully saturated rings. The average molecular weight is 1910 g/mol. The highest BCUT2D eigenvalue weighted by molar-refractivity contribution is 5.99. The molecule has 716 valence electrons. The third-order valence-electron chi connectivity index (χ3n) is 25.0. The van der Waals surface area contributed by atoms with Gasteiger partial charge in [0.05, 0.1) is 0 Å². The third kappa shape index (κ3) is 18.9. The number of aromatic hydroxyl groups is 2. The Hall–Kier alpha value is -17.8. The maximum Gasteiger partial charge on any atom is 0.278 e. The van der Waals surface area contributed by atoms with Gasteiger partial charge in [-0.15, -0.1) is 0 Å². The maximum atomic E-state index is 15.2. The Labute approximate surface area is 810 Å². The lowest BCUT2D eigenvalue weighted by Gasteiger charge is -2.44. The minimum absolute atomic E-state index is 0.0255. The molecule has 28 nitrogen and oxygen atoms in total. The Bertz CT molecular complexity index is 7030. The van der Waals surface area contributed by atoms with Gasteiger partial charge in [0.25, 0.3) is 23.6 Å². The first-order valence-corrected chi connectivity index (χ1v) is 45.8. The SMILES string of the molecule is O=C1c2c(O)c(=O)ccn2N2CN1C/C=C\COc1c(F)cccc1[C@@H]2c1ccccc1.O=C1c2c(O)c(=O)ccn2N2CN1C/C=C\COc1c(F)cccc1[C@H]2c1ccccc1.O=C1c2c(OCc3ccccc3)c(=O)ccn2N2CN1C/C=C\COc1c(F)cccc1[C@@H]2c1ccccc1.O=C1c2c(OCc3ccccc3)c(=O)ccn2N2CN1C/C=C\COc1c(F)cccc1[C@H]2c1ccccc1. The zero-order chi connectivity index (χ0) is 98.0. The topological polar surface area (TPSA) is 278 Å². The van der Waals surface area contributed by atoms with Crippen LogP contribution in [0.3, 0.4) is 0 Å². The lowest BCUT2D eigenvalue weighted by Crippen LogP contribution is -2.55. The first kappa shape index (κ1) is 93.2. The number of carbonyl (C=O) groups excluding carboxylic acids is 4. The number of carbonyl (C=O) groups is 4. The zero-order valence-electron chi connectivity index (χ0n) is 76.2.